The first-order valence-electron chi connectivity index (χ1n) is 8.19. The maximum absolute atomic E-state index is 13.0. The van der Waals surface area contributed by atoms with Gasteiger partial charge in [-0.05, 0) is 37.1 Å². The lowest BCUT2D eigenvalue weighted by Gasteiger charge is -2.20. The van der Waals surface area contributed by atoms with Gasteiger partial charge in [-0.3, -0.25) is 4.98 Å². The van der Waals surface area contributed by atoms with Crippen molar-refractivity contribution in [2.75, 3.05) is 24.7 Å². The smallest absolute Gasteiger partial charge is 0.398 e. The van der Waals surface area contributed by atoms with E-state index in [1.54, 1.807) is 0 Å². The molecule has 0 spiro atoms. The number of alkyl halides is 3. The van der Waals surface area contributed by atoms with E-state index in [2.05, 4.69) is 15.0 Å². The molecule has 0 fully saturated rings. The van der Waals surface area contributed by atoms with Gasteiger partial charge in [0.25, 0.3) is 0 Å². The topological polar surface area (TPSA) is 70.8 Å². The van der Waals surface area contributed by atoms with Gasteiger partial charge >= 0.3 is 6.18 Å². The molecule has 2 aromatic heterocycles. The Bertz CT molecular complexity index is 995. The summed E-state index contributed by atoms with van der Waals surface area (Å²) in [5.41, 5.74) is 9.25. The molecule has 0 aliphatic heterocycles. The van der Waals surface area contributed by atoms with Crippen LogP contribution in [0.5, 0.6) is 0 Å². The summed E-state index contributed by atoms with van der Waals surface area (Å²) in [6.07, 6.45) is -2.67. The zero-order valence-corrected chi connectivity index (χ0v) is 16.2. The van der Waals surface area contributed by atoms with E-state index in [9.17, 15) is 13.2 Å². The van der Waals surface area contributed by atoms with Crippen molar-refractivity contribution in [2.45, 2.75) is 30.9 Å². The second-order valence-electron chi connectivity index (χ2n) is 6.54. The van der Waals surface area contributed by atoms with Gasteiger partial charge in [-0.1, -0.05) is 11.8 Å². The molecular formula is C18H20F3N5S. The Morgan fingerprint density at radius 2 is 1.93 bits per heavy atom. The number of hydrogen-bond donors (Lipinski definition) is 2. The maximum Gasteiger partial charge on any atom is 0.418 e. The zero-order valence-electron chi connectivity index (χ0n) is 15.4. The Hall–Kier alpha value is -2.42. The van der Waals surface area contributed by atoms with Gasteiger partial charge in [-0.15, -0.1) is 0 Å². The molecule has 3 rings (SSSR count). The number of imidazole rings is 1. The lowest BCUT2D eigenvalue weighted by Crippen LogP contribution is -2.13. The number of aryl methyl sites for hydroxylation is 1. The number of benzene rings is 1. The van der Waals surface area contributed by atoms with Crippen molar-refractivity contribution >= 4 is 34.2 Å². The van der Waals surface area contributed by atoms with Crippen molar-refractivity contribution in [3.05, 3.63) is 40.7 Å². The van der Waals surface area contributed by atoms with Gasteiger partial charge in [-0.2, -0.15) is 13.2 Å². The van der Waals surface area contributed by atoms with E-state index in [-0.39, 0.29) is 5.69 Å². The Morgan fingerprint density at radius 1 is 1.22 bits per heavy atom. The molecule has 0 aliphatic rings. The highest BCUT2D eigenvalue weighted by Gasteiger charge is 2.33. The number of anilines is 2. The summed E-state index contributed by atoms with van der Waals surface area (Å²) in [4.78, 5) is 13.8. The molecule has 0 saturated heterocycles. The molecule has 0 aliphatic carbocycles. The molecule has 0 atom stereocenters. The maximum atomic E-state index is 13.0. The average Bonchev–Trinajstić information content (AvgIpc) is 2.93. The van der Waals surface area contributed by atoms with E-state index in [0.717, 1.165) is 28.6 Å². The molecule has 1 aromatic carbocycles. The van der Waals surface area contributed by atoms with Gasteiger partial charge in [0.1, 0.15) is 0 Å². The number of aromatic nitrogens is 3. The molecule has 3 N–H and O–H groups in total. The monoisotopic (exact) mass is 395 g/mol. The fraction of sp³-hybridized carbons (Fsp3) is 0.333. The summed E-state index contributed by atoms with van der Waals surface area (Å²) in [7, 11) is 3.96. The van der Waals surface area contributed by atoms with Crippen LogP contribution in [-0.4, -0.2) is 29.0 Å². The molecular weight excluding hydrogens is 375 g/mol. The lowest BCUT2D eigenvalue weighted by atomic mass is 10.1. The van der Waals surface area contributed by atoms with Crippen LogP contribution in [0.2, 0.25) is 0 Å². The molecule has 27 heavy (non-hydrogen) atoms. The van der Waals surface area contributed by atoms with Crippen molar-refractivity contribution in [1.29, 1.82) is 0 Å². The third kappa shape index (κ3) is 3.83. The number of aromatic amines is 1. The number of nitrogens with two attached hydrogens (primary N) is 1. The van der Waals surface area contributed by atoms with Crippen molar-refractivity contribution in [1.82, 2.24) is 15.0 Å². The third-order valence-electron chi connectivity index (χ3n) is 4.31. The number of nitrogen functional groups attached to an aromatic ring is 1. The van der Waals surface area contributed by atoms with E-state index in [1.807, 2.05) is 39.0 Å². The number of hydrogen-bond acceptors (Lipinski definition) is 5. The number of pyridine rings is 1. The van der Waals surface area contributed by atoms with E-state index in [0.29, 0.717) is 21.9 Å². The van der Waals surface area contributed by atoms with Gasteiger partial charge < -0.3 is 15.6 Å². The molecule has 9 heteroatoms. The normalized spacial score (nSPS) is 12.0. The van der Waals surface area contributed by atoms with Crippen LogP contribution in [0, 0.1) is 13.8 Å². The van der Waals surface area contributed by atoms with Crippen LogP contribution in [0.4, 0.5) is 24.5 Å². The minimum Gasteiger partial charge on any atom is -0.398 e. The quantitative estimate of drug-likeness (QED) is 0.502. The summed E-state index contributed by atoms with van der Waals surface area (Å²) in [6.45, 7) is 4.02. The first-order chi connectivity index (χ1) is 12.6. The average molecular weight is 395 g/mol. The summed E-state index contributed by atoms with van der Waals surface area (Å²) in [6, 6.07) is 2.25. The molecule has 2 heterocycles. The van der Waals surface area contributed by atoms with E-state index in [1.165, 1.54) is 17.8 Å². The minimum absolute atomic E-state index is 0.307. The van der Waals surface area contributed by atoms with Crippen LogP contribution in [-0.2, 0) is 11.9 Å². The van der Waals surface area contributed by atoms with Crippen molar-refractivity contribution in [3.63, 3.8) is 0 Å². The van der Waals surface area contributed by atoms with Gasteiger partial charge in [0, 0.05) is 37.4 Å². The molecule has 0 saturated carbocycles. The number of nitrogens with zero attached hydrogens (tertiary/aromatic N) is 3. The van der Waals surface area contributed by atoms with Crippen LogP contribution >= 0.6 is 11.8 Å². The predicted octanol–water partition coefficient (Wildman–Crippen LogP) is 4.53. The largest absolute Gasteiger partial charge is 0.418 e. The fourth-order valence-corrected chi connectivity index (χ4v) is 4.01. The molecule has 0 unspecified atom stereocenters. The Kier molecular flexibility index (Phi) is 4.98. The minimum atomic E-state index is -4.50. The van der Waals surface area contributed by atoms with Crippen molar-refractivity contribution in [3.8, 4) is 0 Å². The Balaban J connectivity index is 1.87. The fourth-order valence-electron chi connectivity index (χ4n) is 3.10. The summed E-state index contributed by atoms with van der Waals surface area (Å²) >= 11 is 1.39. The number of thioether (sulfide) groups is 1. The first kappa shape index (κ1) is 19.3. The summed E-state index contributed by atoms with van der Waals surface area (Å²) in [5.74, 6) is 0.550. The number of H-pyrrole nitrogens is 1. The van der Waals surface area contributed by atoms with Crippen molar-refractivity contribution < 1.29 is 13.2 Å². The highest BCUT2D eigenvalue weighted by Crippen LogP contribution is 2.36. The Morgan fingerprint density at radius 3 is 2.56 bits per heavy atom. The standard InChI is InChI=1S/C18H20F3N5S/c1-9-7-23-15(10(2)16(9)26(3)4)8-27-17-24-13-5-11(18(19,20)21)12(22)6-14(13)25-17/h5-7H,8,22H2,1-4H3,(H,24,25). The number of fused-ring (bicyclic) bond motifs is 1. The van der Waals surface area contributed by atoms with Crippen LogP contribution in [0.25, 0.3) is 11.0 Å². The first-order valence-corrected chi connectivity index (χ1v) is 9.18. The SMILES string of the molecule is Cc1cnc(CSc2nc3cc(N)c(C(F)(F)F)cc3[nH]2)c(C)c1N(C)C. The molecule has 3 aromatic rings. The highest BCUT2D eigenvalue weighted by molar-refractivity contribution is 7.98. The zero-order chi connectivity index (χ0) is 19.9. The number of rotatable bonds is 4. The number of nitrogens with one attached hydrogen (secondary N) is 1. The Labute approximate surface area is 159 Å². The van der Waals surface area contributed by atoms with E-state index in [4.69, 9.17) is 5.73 Å². The van der Waals surface area contributed by atoms with Gasteiger partial charge in [0.15, 0.2) is 5.16 Å². The molecule has 5 nitrogen and oxygen atoms in total. The van der Waals surface area contributed by atoms with Crippen LogP contribution in [0.15, 0.2) is 23.5 Å². The molecule has 0 radical (unpaired) electrons. The van der Waals surface area contributed by atoms with Gasteiger partial charge in [0.2, 0.25) is 0 Å². The van der Waals surface area contributed by atoms with Crippen molar-refractivity contribution in [2.24, 2.45) is 0 Å². The van der Waals surface area contributed by atoms with Crippen LogP contribution < -0.4 is 10.6 Å². The van der Waals surface area contributed by atoms with E-state index >= 15 is 0 Å². The van der Waals surface area contributed by atoms with Gasteiger partial charge in [0.05, 0.1) is 22.3 Å². The second-order valence-corrected chi connectivity index (χ2v) is 7.50. The highest BCUT2D eigenvalue weighted by atomic mass is 32.2. The molecule has 0 amide bonds. The van der Waals surface area contributed by atoms with E-state index < -0.39 is 11.7 Å². The number of halogens is 3. The summed E-state index contributed by atoms with van der Waals surface area (Å²) in [5, 5.41) is 0.525. The van der Waals surface area contributed by atoms with Crippen LogP contribution in [0.1, 0.15) is 22.4 Å². The lowest BCUT2D eigenvalue weighted by molar-refractivity contribution is -0.136. The van der Waals surface area contributed by atoms with Crippen LogP contribution in [0.3, 0.4) is 0 Å². The van der Waals surface area contributed by atoms with Gasteiger partial charge in [-0.25, -0.2) is 4.98 Å². The second kappa shape index (κ2) is 6.95. The molecule has 144 valence electrons. The third-order valence-corrected chi connectivity index (χ3v) is 5.19. The molecule has 0 bridgehead atoms. The summed E-state index contributed by atoms with van der Waals surface area (Å²) < 4.78 is 39.0. The predicted molar refractivity (Wildman–Crippen MR) is 103 cm³/mol.